The molecule has 4 nitrogen and oxygen atoms in total. The van der Waals surface area contributed by atoms with Crippen molar-refractivity contribution in [1.29, 1.82) is 0 Å². The van der Waals surface area contributed by atoms with E-state index in [1.807, 2.05) is 30.3 Å². The zero-order chi connectivity index (χ0) is 13.3. The lowest BCUT2D eigenvalue weighted by Crippen LogP contribution is -1.99. The zero-order valence-electron chi connectivity index (χ0n) is 10.4. The number of halogens is 2. The largest absolute Gasteiger partial charge is 0.325 e. The second kappa shape index (κ2) is 5.55. The molecule has 0 aromatic carbocycles. The first kappa shape index (κ1) is 13.8. The van der Waals surface area contributed by atoms with E-state index in [4.69, 9.17) is 23.2 Å². The predicted octanol–water partition coefficient (Wildman–Crippen LogP) is 3.15. The molecule has 7 heteroatoms. The van der Waals surface area contributed by atoms with E-state index < -0.39 is 0 Å². The van der Waals surface area contributed by atoms with Crippen molar-refractivity contribution < 1.29 is 0 Å². The molecule has 0 spiro atoms. The van der Waals surface area contributed by atoms with Gasteiger partial charge in [0.2, 0.25) is 0 Å². The molecule has 0 aliphatic rings. The number of nitrogens with zero attached hydrogens (tertiary/aromatic N) is 4. The molecule has 0 N–H and O–H groups in total. The number of aromatic nitrogens is 4. The molecule has 2 aromatic heterocycles. The van der Waals surface area contributed by atoms with Gasteiger partial charge in [0.15, 0.2) is 5.16 Å². The molecule has 0 saturated carbocycles. The second-order valence-electron chi connectivity index (χ2n) is 3.98. The summed E-state index contributed by atoms with van der Waals surface area (Å²) < 4.78 is 3.81. The number of hydrogen-bond donors (Lipinski definition) is 0. The van der Waals surface area contributed by atoms with Gasteiger partial charge in [0, 0.05) is 19.8 Å². The van der Waals surface area contributed by atoms with Crippen molar-refractivity contribution in [2.45, 2.75) is 23.7 Å². The van der Waals surface area contributed by atoms with Gasteiger partial charge in [-0.15, -0.1) is 11.6 Å². The van der Waals surface area contributed by atoms with Crippen LogP contribution < -0.4 is 0 Å². The van der Waals surface area contributed by atoms with Gasteiger partial charge >= 0.3 is 0 Å². The number of aryl methyl sites for hydroxylation is 2. The van der Waals surface area contributed by atoms with Gasteiger partial charge in [-0.1, -0.05) is 23.4 Å². The molecular formula is C11H14Cl2N4S. The summed E-state index contributed by atoms with van der Waals surface area (Å²) in [5.74, 6) is 1.21. The van der Waals surface area contributed by atoms with Gasteiger partial charge in [0.25, 0.3) is 0 Å². The van der Waals surface area contributed by atoms with E-state index >= 15 is 0 Å². The number of thioether (sulfide) groups is 1. The highest BCUT2D eigenvalue weighted by Gasteiger charge is 2.13. The number of imidazole rings is 1. The highest BCUT2D eigenvalue weighted by atomic mass is 35.5. The Morgan fingerprint density at radius 1 is 1.39 bits per heavy atom. The van der Waals surface area contributed by atoms with E-state index in [2.05, 4.69) is 10.1 Å². The van der Waals surface area contributed by atoms with E-state index in [-0.39, 0.29) is 0 Å². The Bertz CT molecular complexity index is 562. The SMILES string of the molecule is Cc1nn(C)c(CSc2ncc(CCl)n2C)c1Cl. The van der Waals surface area contributed by atoms with Gasteiger partial charge in [-0.05, 0) is 6.92 Å². The Kier molecular flexibility index (Phi) is 4.25. The molecule has 0 unspecified atom stereocenters. The standard InChI is InChI=1S/C11H14Cl2N4S/c1-7-10(13)9(17(3)15-7)6-18-11-14-5-8(4-12)16(11)2/h5H,4,6H2,1-3H3. The lowest BCUT2D eigenvalue weighted by Gasteiger charge is -2.04. The molecule has 0 fully saturated rings. The molecule has 0 saturated heterocycles. The van der Waals surface area contributed by atoms with Crippen LogP contribution in [0.5, 0.6) is 0 Å². The first-order valence-electron chi connectivity index (χ1n) is 5.42. The fraction of sp³-hybridized carbons (Fsp3) is 0.455. The Labute approximate surface area is 120 Å². The van der Waals surface area contributed by atoms with E-state index in [0.717, 1.165) is 33.0 Å². The topological polar surface area (TPSA) is 35.6 Å². The average molecular weight is 305 g/mol. The third-order valence-electron chi connectivity index (χ3n) is 2.78. The second-order valence-corrected chi connectivity index (χ2v) is 5.57. The fourth-order valence-electron chi connectivity index (χ4n) is 1.65. The number of alkyl halides is 1. The van der Waals surface area contributed by atoms with Crippen LogP contribution in [0.2, 0.25) is 5.02 Å². The van der Waals surface area contributed by atoms with E-state index in [0.29, 0.717) is 5.88 Å². The van der Waals surface area contributed by atoms with Crippen LogP contribution in [0.15, 0.2) is 11.4 Å². The van der Waals surface area contributed by atoms with Crippen LogP contribution >= 0.6 is 35.0 Å². The van der Waals surface area contributed by atoms with Gasteiger partial charge in [-0.3, -0.25) is 4.68 Å². The van der Waals surface area contributed by atoms with Gasteiger partial charge in [0.05, 0.1) is 34.2 Å². The van der Waals surface area contributed by atoms with Gasteiger partial charge in [0.1, 0.15) is 0 Å². The molecule has 2 aromatic rings. The van der Waals surface area contributed by atoms with Gasteiger partial charge < -0.3 is 4.57 Å². The lowest BCUT2D eigenvalue weighted by atomic mass is 10.4. The summed E-state index contributed by atoms with van der Waals surface area (Å²) >= 11 is 13.6. The number of hydrogen-bond acceptors (Lipinski definition) is 3. The molecule has 0 aliphatic carbocycles. The Balaban J connectivity index is 2.14. The third kappa shape index (κ3) is 2.53. The van der Waals surface area contributed by atoms with Crippen LogP contribution in [0.1, 0.15) is 17.1 Å². The minimum Gasteiger partial charge on any atom is -0.325 e. The summed E-state index contributed by atoms with van der Waals surface area (Å²) in [4.78, 5) is 4.34. The number of rotatable bonds is 4. The Morgan fingerprint density at radius 3 is 2.61 bits per heavy atom. The van der Waals surface area contributed by atoms with Crippen LogP contribution in [-0.2, 0) is 25.7 Å². The maximum atomic E-state index is 6.21. The van der Waals surface area contributed by atoms with Crippen molar-refractivity contribution in [2.75, 3.05) is 0 Å². The summed E-state index contributed by atoms with van der Waals surface area (Å²) in [6.07, 6.45) is 1.80. The predicted molar refractivity (Wildman–Crippen MR) is 75.3 cm³/mol. The van der Waals surface area contributed by atoms with Gasteiger partial charge in [-0.2, -0.15) is 5.10 Å². The minimum absolute atomic E-state index is 0.468. The smallest absolute Gasteiger partial charge is 0.168 e. The lowest BCUT2D eigenvalue weighted by molar-refractivity contribution is 0.725. The van der Waals surface area contributed by atoms with Crippen LogP contribution in [0.25, 0.3) is 0 Å². The molecule has 98 valence electrons. The van der Waals surface area contributed by atoms with E-state index in [1.165, 1.54) is 0 Å². The maximum absolute atomic E-state index is 6.21. The molecular weight excluding hydrogens is 291 g/mol. The highest BCUT2D eigenvalue weighted by molar-refractivity contribution is 7.98. The minimum atomic E-state index is 0.468. The summed E-state index contributed by atoms with van der Waals surface area (Å²) in [6.45, 7) is 1.91. The summed E-state index contributed by atoms with van der Waals surface area (Å²) in [5, 5.41) is 5.95. The van der Waals surface area contributed by atoms with Crippen molar-refractivity contribution in [3.05, 3.63) is 28.3 Å². The Hall–Kier alpha value is -0.650. The molecule has 0 amide bonds. The molecule has 2 heterocycles. The van der Waals surface area contributed by atoms with Crippen molar-refractivity contribution in [2.24, 2.45) is 14.1 Å². The summed E-state index contributed by atoms with van der Waals surface area (Å²) in [5.41, 5.74) is 2.87. The molecule has 0 radical (unpaired) electrons. The van der Waals surface area contributed by atoms with Crippen LogP contribution in [0.3, 0.4) is 0 Å². The zero-order valence-corrected chi connectivity index (χ0v) is 12.8. The van der Waals surface area contributed by atoms with Crippen LogP contribution in [-0.4, -0.2) is 19.3 Å². The molecule has 18 heavy (non-hydrogen) atoms. The normalized spacial score (nSPS) is 11.2. The van der Waals surface area contributed by atoms with Gasteiger partial charge in [-0.25, -0.2) is 4.98 Å². The monoisotopic (exact) mass is 304 g/mol. The maximum Gasteiger partial charge on any atom is 0.168 e. The summed E-state index contributed by atoms with van der Waals surface area (Å²) in [6, 6.07) is 0. The van der Waals surface area contributed by atoms with Crippen LogP contribution in [0, 0.1) is 6.92 Å². The molecule has 2 rings (SSSR count). The molecule has 0 atom stereocenters. The van der Waals surface area contributed by atoms with Crippen molar-refractivity contribution in [3.63, 3.8) is 0 Å². The molecule has 0 bridgehead atoms. The van der Waals surface area contributed by atoms with Crippen molar-refractivity contribution >= 4 is 35.0 Å². The van der Waals surface area contributed by atoms with Crippen molar-refractivity contribution in [3.8, 4) is 0 Å². The average Bonchev–Trinajstić information content (AvgIpc) is 2.80. The van der Waals surface area contributed by atoms with E-state index in [9.17, 15) is 0 Å². The first-order chi connectivity index (χ1) is 8.54. The highest BCUT2D eigenvalue weighted by Crippen LogP contribution is 2.27. The van der Waals surface area contributed by atoms with E-state index in [1.54, 1.807) is 18.0 Å². The summed E-state index contributed by atoms with van der Waals surface area (Å²) in [7, 11) is 3.86. The quantitative estimate of drug-likeness (QED) is 0.643. The van der Waals surface area contributed by atoms with Crippen LogP contribution in [0.4, 0.5) is 0 Å². The fourth-order valence-corrected chi connectivity index (χ4v) is 3.24. The first-order valence-corrected chi connectivity index (χ1v) is 7.31. The third-order valence-corrected chi connectivity index (χ3v) is 4.60. The van der Waals surface area contributed by atoms with Crippen molar-refractivity contribution in [1.82, 2.24) is 19.3 Å². The Morgan fingerprint density at radius 2 is 2.11 bits per heavy atom. The molecule has 0 aliphatic heterocycles.